The number of hydrogen-bond acceptors (Lipinski definition) is 2. The van der Waals surface area contributed by atoms with Crippen molar-refractivity contribution in [2.75, 3.05) is 11.2 Å². The van der Waals surface area contributed by atoms with Gasteiger partial charge in [0.25, 0.3) is 0 Å². The van der Waals surface area contributed by atoms with Crippen LogP contribution >= 0.6 is 11.6 Å². The minimum atomic E-state index is -4.41. The van der Waals surface area contributed by atoms with E-state index in [1.54, 1.807) is 0 Å². The number of alkyl halides is 4. The van der Waals surface area contributed by atoms with Gasteiger partial charge in [0, 0.05) is 5.88 Å². The van der Waals surface area contributed by atoms with Gasteiger partial charge in [0.15, 0.2) is 0 Å². The summed E-state index contributed by atoms with van der Waals surface area (Å²) in [6.07, 6.45) is -2.67. The Kier molecular flexibility index (Phi) is 2.74. The zero-order chi connectivity index (χ0) is 11.8. The van der Waals surface area contributed by atoms with Gasteiger partial charge in [0.2, 0.25) is 0 Å². The Morgan fingerprint density at radius 3 is 2.56 bits per heavy atom. The molecule has 1 aromatic rings. The molecule has 0 bridgehead atoms. The highest BCUT2D eigenvalue weighted by Gasteiger charge is 2.42. The summed E-state index contributed by atoms with van der Waals surface area (Å²) in [7, 11) is 0. The lowest BCUT2D eigenvalue weighted by Gasteiger charge is -2.15. The monoisotopic (exact) mass is 250 g/mol. The number of anilines is 1. The van der Waals surface area contributed by atoms with Crippen LogP contribution in [0, 0.1) is 0 Å². The average Bonchev–Trinajstić information content (AvgIpc) is 2.98. The van der Waals surface area contributed by atoms with Crippen molar-refractivity contribution in [2.45, 2.75) is 24.6 Å². The van der Waals surface area contributed by atoms with E-state index in [0.29, 0.717) is 5.88 Å². The zero-order valence-electron chi connectivity index (χ0n) is 8.31. The first-order valence-electron chi connectivity index (χ1n) is 4.84. The van der Waals surface area contributed by atoms with Crippen molar-refractivity contribution in [2.24, 2.45) is 0 Å². The van der Waals surface area contributed by atoms with Gasteiger partial charge in [-0.1, -0.05) is 6.07 Å². The van der Waals surface area contributed by atoms with E-state index in [9.17, 15) is 13.2 Å². The molecular formula is C10H10ClF3N2. The Balaban J connectivity index is 2.17. The molecule has 0 saturated heterocycles. The summed E-state index contributed by atoms with van der Waals surface area (Å²) in [5.74, 6) is 0.609. The van der Waals surface area contributed by atoms with Crippen LogP contribution in [0.4, 0.5) is 19.0 Å². The fourth-order valence-corrected chi connectivity index (χ4v) is 1.71. The molecular weight excluding hydrogens is 241 g/mol. The molecule has 0 unspecified atom stereocenters. The summed E-state index contributed by atoms with van der Waals surface area (Å²) in [5, 5.41) is 2.95. The van der Waals surface area contributed by atoms with Gasteiger partial charge in [-0.25, -0.2) is 4.98 Å². The van der Waals surface area contributed by atoms with E-state index < -0.39 is 11.9 Å². The molecule has 0 amide bonds. The van der Waals surface area contributed by atoms with Gasteiger partial charge in [-0.15, -0.1) is 11.6 Å². The normalized spacial score (nSPS) is 18.2. The third-order valence-corrected chi connectivity index (χ3v) is 3.05. The molecule has 88 valence electrons. The van der Waals surface area contributed by atoms with Crippen molar-refractivity contribution in [1.82, 2.24) is 4.98 Å². The maximum Gasteiger partial charge on any atom is 0.433 e. The predicted octanol–water partition coefficient (Wildman–Crippen LogP) is 3.28. The number of nitrogens with zero attached hydrogens (tertiary/aromatic N) is 1. The van der Waals surface area contributed by atoms with Gasteiger partial charge in [-0.05, 0) is 25.0 Å². The van der Waals surface area contributed by atoms with Crippen LogP contribution in [0.2, 0.25) is 0 Å². The Bertz CT molecular complexity index is 388. The summed E-state index contributed by atoms with van der Waals surface area (Å²) in [6, 6.07) is 3.80. The van der Waals surface area contributed by atoms with Crippen LogP contribution in [-0.2, 0) is 6.18 Å². The van der Waals surface area contributed by atoms with Crippen LogP contribution in [-0.4, -0.2) is 16.4 Å². The minimum absolute atomic E-state index is 0.230. The van der Waals surface area contributed by atoms with Gasteiger partial charge < -0.3 is 5.32 Å². The highest BCUT2D eigenvalue weighted by Crippen LogP contribution is 2.39. The Hall–Kier alpha value is -0.970. The lowest BCUT2D eigenvalue weighted by atomic mass is 10.3. The average molecular weight is 251 g/mol. The van der Waals surface area contributed by atoms with Gasteiger partial charge in [-0.3, -0.25) is 0 Å². The van der Waals surface area contributed by atoms with Crippen molar-refractivity contribution in [3.8, 4) is 0 Å². The molecule has 0 spiro atoms. The van der Waals surface area contributed by atoms with E-state index in [-0.39, 0.29) is 11.4 Å². The maximum absolute atomic E-state index is 12.4. The first-order valence-corrected chi connectivity index (χ1v) is 5.37. The largest absolute Gasteiger partial charge is 0.433 e. The summed E-state index contributed by atoms with van der Waals surface area (Å²) < 4.78 is 37.1. The van der Waals surface area contributed by atoms with E-state index in [1.165, 1.54) is 12.1 Å². The van der Waals surface area contributed by atoms with Crippen molar-refractivity contribution in [3.05, 3.63) is 23.9 Å². The molecule has 1 heterocycles. The van der Waals surface area contributed by atoms with Gasteiger partial charge in [0.05, 0.1) is 5.54 Å². The minimum Gasteiger partial charge on any atom is -0.363 e. The van der Waals surface area contributed by atoms with Crippen LogP contribution in [0.5, 0.6) is 0 Å². The lowest BCUT2D eigenvalue weighted by Crippen LogP contribution is -2.24. The molecule has 0 aliphatic heterocycles. The smallest absolute Gasteiger partial charge is 0.363 e. The first-order chi connectivity index (χ1) is 7.45. The molecule has 0 atom stereocenters. The summed E-state index contributed by atoms with van der Waals surface area (Å²) in [4.78, 5) is 3.52. The lowest BCUT2D eigenvalue weighted by molar-refractivity contribution is -0.141. The molecule has 6 heteroatoms. The van der Waals surface area contributed by atoms with Crippen molar-refractivity contribution in [1.29, 1.82) is 0 Å². The standard InChI is InChI=1S/C10H10ClF3N2/c11-6-9(4-5-9)16-8-3-1-2-7(15-8)10(12,13)14/h1-3H,4-6H2,(H,15,16). The summed E-state index contributed by atoms with van der Waals surface area (Å²) in [6.45, 7) is 0. The van der Waals surface area contributed by atoms with E-state index in [1.807, 2.05) is 0 Å². The second kappa shape index (κ2) is 3.80. The quantitative estimate of drug-likeness (QED) is 0.833. The van der Waals surface area contributed by atoms with Crippen molar-refractivity contribution in [3.63, 3.8) is 0 Å². The van der Waals surface area contributed by atoms with Gasteiger partial charge in [-0.2, -0.15) is 13.2 Å². The molecule has 1 aliphatic rings. The van der Waals surface area contributed by atoms with Crippen molar-refractivity contribution < 1.29 is 13.2 Å². The third-order valence-electron chi connectivity index (χ3n) is 2.54. The molecule has 2 rings (SSSR count). The van der Waals surface area contributed by atoms with Crippen LogP contribution in [0.15, 0.2) is 18.2 Å². The number of rotatable bonds is 3. The summed E-state index contributed by atoms with van der Waals surface area (Å²) >= 11 is 5.72. The fraction of sp³-hybridized carbons (Fsp3) is 0.500. The molecule has 2 nitrogen and oxygen atoms in total. The molecule has 0 radical (unpaired) electrons. The van der Waals surface area contributed by atoms with E-state index in [0.717, 1.165) is 18.9 Å². The van der Waals surface area contributed by atoms with E-state index in [4.69, 9.17) is 11.6 Å². The molecule has 1 aliphatic carbocycles. The Morgan fingerprint density at radius 1 is 1.38 bits per heavy atom. The Labute approximate surface area is 95.8 Å². The second-order valence-corrected chi connectivity index (χ2v) is 4.21. The highest BCUT2D eigenvalue weighted by atomic mass is 35.5. The molecule has 1 N–H and O–H groups in total. The molecule has 16 heavy (non-hydrogen) atoms. The number of nitrogens with one attached hydrogen (secondary N) is 1. The van der Waals surface area contributed by atoms with Crippen LogP contribution in [0.3, 0.4) is 0 Å². The molecule has 1 fully saturated rings. The maximum atomic E-state index is 12.4. The van der Waals surface area contributed by atoms with Gasteiger partial charge in [0.1, 0.15) is 11.5 Å². The van der Waals surface area contributed by atoms with Crippen molar-refractivity contribution >= 4 is 17.4 Å². The topological polar surface area (TPSA) is 24.9 Å². The highest BCUT2D eigenvalue weighted by molar-refractivity contribution is 6.19. The molecule has 0 aromatic carbocycles. The number of halogens is 4. The number of aromatic nitrogens is 1. The third kappa shape index (κ3) is 2.40. The predicted molar refractivity (Wildman–Crippen MR) is 55.5 cm³/mol. The van der Waals surface area contributed by atoms with E-state index in [2.05, 4.69) is 10.3 Å². The fourth-order valence-electron chi connectivity index (χ4n) is 1.38. The molecule has 1 saturated carbocycles. The van der Waals surface area contributed by atoms with Crippen LogP contribution < -0.4 is 5.32 Å². The number of pyridine rings is 1. The first kappa shape index (κ1) is 11.5. The van der Waals surface area contributed by atoms with Crippen LogP contribution in [0.25, 0.3) is 0 Å². The Morgan fingerprint density at radius 2 is 2.06 bits per heavy atom. The zero-order valence-corrected chi connectivity index (χ0v) is 9.07. The number of hydrogen-bond donors (Lipinski definition) is 1. The SMILES string of the molecule is FC(F)(F)c1cccc(NC2(CCl)CC2)n1. The molecule has 1 aromatic heterocycles. The van der Waals surface area contributed by atoms with Gasteiger partial charge >= 0.3 is 6.18 Å². The van der Waals surface area contributed by atoms with E-state index >= 15 is 0 Å². The summed E-state index contributed by atoms with van der Waals surface area (Å²) in [5.41, 5.74) is -1.14. The van der Waals surface area contributed by atoms with Crippen LogP contribution in [0.1, 0.15) is 18.5 Å². The second-order valence-electron chi connectivity index (χ2n) is 3.94.